The fourth-order valence-electron chi connectivity index (χ4n) is 3.55. The first-order chi connectivity index (χ1) is 12.5. The van der Waals surface area contributed by atoms with Gasteiger partial charge in [0.25, 0.3) is 0 Å². The standard InChI is InChI=1S/C21H30N2O3/c1-15(2)17-7-8-19(26-3)18(13-17)14-20(24)22-9-4-10-23(12-11-22)21(25)16-5-6-16/h7-8,13,15-16H,4-6,9-12,14H2,1-3H3. The minimum Gasteiger partial charge on any atom is -0.496 e. The summed E-state index contributed by atoms with van der Waals surface area (Å²) in [6.45, 7) is 7.07. The molecular formula is C21H30N2O3. The zero-order valence-electron chi connectivity index (χ0n) is 16.2. The van der Waals surface area contributed by atoms with Gasteiger partial charge in [-0.05, 0) is 36.8 Å². The monoisotopic (exact) mass is 358 g/mol. The van der Waals surface area contributed by atoms with Gasteiger partial charge >= 0.3 is 0 Å². The van der Waals surface area contributed by atoms with Crippen LogP contribution in [0.5, 0.6) is 5.75 Å². The Balaban J connectivity index is 1.64. The Kier molecular flexibility index (Phi) is 5.84. The van der Waals surface area contributed by atoms with E-state index in [1.165, 1.54) is 5.56 Å². The highest BCUT2D eigenvalue weighted by Crippen LogP contribution is 2.31. The van der Waals surface area contributed by atoms with Crippen molar-refractivity contribution in [2.75, 3.05) is 33.3 Å². The van der Waals surface area contributed by atoms with E-state index in [-0.39, 0.29) is 17.7 Å². The van der Waals surface area contributed by atoms with Crippen LogP contribution in [0.4, 0.5) is 0 Å². The zero-order chi connectivity index (χ0) is 18.7. The van der Waals surface area contributed by atoms with Crippen molar-refractivity contribution in [3.05, 3.63) is 29.3 Å². The number of methoxy groups -OCH3 is 1. The molecule has 1 aliphatic heterocycles. The van der Waals surface area contributed by atoms with Crippen LogP contribution < -0.4 is 4.74 Å². The first-order valence-corrected chi connectivity index (χ1v) is 9.73. The molecule has 1 heterocycles. The molecule has 1 aromatic rings. The van der Waals surface area contributed by atoms with Gasteiger partial charge in [-0.15, -0.1) is 0 Å². The van der Waals surface area contributed by atoms with Crippen LogP contribution in [0.2, 0.25) is 0 Å². The van der Waals surface area contributed by atoms with Gasteiger partial charge in [0.1, 0.15) is 5.75 Å². The third-order valence-corrected chi connectivity index (χ3v) is 5.40. The molecule has 1 aromatic carbocycles. The first-order valence-electron chi connectivity index (χ1n) is 9.73. The number of hydrogen-bond donors (Lipinski definition) is 0. The Bertz CT molecular complexity index is 667. The van der Waals surface area contributed by atoms with Crippen LogP contribution in [0, 0.1) is 5.92 Å². The van der Waals surface area contributed by atoms with Crippen molar-refractivity contribution >= 4 is 11.8 Å². The molecule has 0 unspecified atom stereocenters. The second kappa shape index (κ2) is 8.11. The molecule has 1 saturated heterocycles. The maximum absolute atomic E-state index is 12.9. The summed E-state index contributed by atoms with van der Waals surface area (Å²) in [5, 5.41) is 0. The lowest BCUT2D eigenvalue weighted by atomic mass is 9.98. The molecule has 142 valence electrons. The van der Waals surface area contributed by atoms with E-state index in [1.54, 1.807) is 7.11 Å². The van der Waals surface area contributed by atoms with Gasteiger partial charge in [-0.1, -0.05) is 26.0 Å². The van der Waals surface area contributed by atoms with Gasteiger partial charge in [-0.3, -0.25) is 9.59 Å². The molecule has 2 aliphatic rings. The molecule has 1 saturated carbocycles. The number of carbonyl (C=O) groups is 2. The molecular weight excluding hydrogens is 328 g/mol. The molecule has 0 aromatic heterocycles. The number of rotatable bonds is 5. The normalized spacial score (nSPS) is 18.0. The highest BCUT2D eigenvalue weighted by atomic mass is 16.5. The van der Waals surface area contributed by atoms with Crippen LogP contribution in [-0.4, -0.2) is 54.9 Å². The smallest absolute Gasteiger partial charge is 0.227 e. The highest BCUT2D eigenvalue weighted by molar-refractivity contribution is 5.82. The molecule has 0 N–H and O–H groups in total. The van der Waals surface area contributed by atoms with Crippen LogP contribution in [0.15, 0.2) is 18.2 Å². The Morgan fingerprint density at radius 2 is 1.81 bits per heavy atom. The molecule has 0 radical (unpaired) electrons. The minimum atomic E-state index is 0.116. The average Bonchev–Trinajstić information content (AvgIpc) is 3.47. The van der Waals surface area contributed by atoms with Crippen LogP contribution in [0.25, 0.3) is 0 Å². The number of amides is 2. The molecule has 0 spiro atoms. The van der Waals surface area contributed by atoms with E-state index in [0.717, 1.165) is 43.7 Å². The summed E-state index contributed by atoms with van der Waals surface area (Å²) in [5.74, 6) is 1.83. The van der Waals surface area contributed by atoms with E-state index in [4.69, 9.17) is 4.74 Å². The van der Waals surface area contributed by atoms with Gasteiger partial charge in [-0.25, -0.2) is 0 Å². The molecule has 2 fully saturated rings. The first kappa shape index (κ1) is 18.7. The molecule has 26 heavy (non-hydrogen) atoms. The van der Waals surface area contributed by atoms with Gasteiger partial charge in [0, 0.05) is 37.7 Å². The predicted octanol–water partition coefficient (Wildman–Crippen LogP) is 2.83. The van der Waals surface area contributed by atoms with Gasteiger partial charge in [0.15, 0.2) is 0 Å². The van der Waals surface area contributed by atoms with Gasteiger partial charge in [-0.2, -0.15) is 0 Å². The topological polar surface area (TPSA) is 49.9 Å². The van der Waals surface area contributed by atoms with E-state index in [0.29, 0.717) is 25.4 Å². The van der Waals surface area contributed by atoms with Crippen LogP contribution in [0.3, 0.4) is 0 Å². The minimum absolute atomic E-state index is 0.116. The lowest BCUT2D eigenvalue weighted by Gasteiger charge is -2.23. The van der Waals surface area contributed by atoms with Crippen LogP contribution in [0.1, 0.15) is 50.2 Å². The summed E-state index contributed by atoms with van der Waals surface area (Å²) >= 11 is 0. The largest absolute Gasteiger partial charge is 0.496 e. The van der Waals surface area contributed by atoms with Gasteiger partial charge < -0.3 is 14.5 Å². The maximum atomic E-state index is 12.9. The van der Waals surface area contributed by atoms with E-state index in [2.05, 4.69) is 26.0 Å². The number of nitrogens with zero attached hydrogens (tertiary/aromatic N) is 2. The summed E-state index contributed by atoms with van der Waals surface area (Å²) in [4.78, 5) is 29.0. The molecule has 0 bridgehead atoms. The van der Waals surface area contributed by atoms with Crippen molar-refractivity contribution in [1.82, 2.24) is 9.80 Å². The molecule has 1 aliphatic carbocycles. The lowest BCUT2D eigenvalue weighted by molar-refractivity contribution is -0.134. The Hall–Kier alpha value is -2.04. The number of hydrogen-bond acceptors (Lipinski definition) is 3. The third kappa shape index (κ3) is 4.37. The fourth-order valence-corrected chi connectivity index (χ4v) is 3.55. The van der Waals surface area contributed by atoms with Crippen molar-refractivity contribution in [3.8, 4) is 5.75 Å². The third-order valence-electron chi connectivity index (χ3n) is 5.40. The number of benzene rings is 1. The predicted molar refractivity (Wildman–Crippen MR) is 101 cm³/mol. The molecule has 3 rings (SSSR count). The zero-order valence-corrected chi connectivity index (χ0v) is 16.2. The Labute approximate surface area is 156 Å². The summed E-state index contributed by atoms with van der Waals surface area (Å²) in [7, 11) is 1.64. The van der Waals surface area contributed by atoms with E-state index >= 15 is 0 Å². The highest BCUT2D eigenvalue weighted by Gasteiger charge is 2.34. The van der Waals surface area contributed by atoms with Crippen molar-refractivity contribution in [2.24, 2.45) is 5.92 Å². The summed E-state index contributed by atoms with van der Waals surface area (Å²) in [6.07, 6.45) is 3.27. The SMILES string of the molecule is COc1ccc(C(C)C)cc1CC(=O)N1CCCN(C(=O)C2CC2)CC1. The second-order valence-corrected chi connectivity index (χ2v) is 7.74. The van der Waals surface area contributed by atoms with Crippen molar-refractivity contribution in [1.29, 1.82) is 0 Å². The van der Waals surface area contributed by atoms with Gasteiger partial charge in [0.2, 0.25) is 11.8 Å². The van der Waals surface area contributed by atoms with Crippen molar-refractivity contribution in [3.63, 3.8) is 0 Å². The quantitative estimate of drug-likeness (QED) is 0.813. The second-order valence-electron chi connectivity index (χ2n) is 7.74. The van der Waals surface area contributed by atoms with Crippen molar-refractivity contribution in [2.45, 2.75) is 45.4 Å². The molecule has 0 atom stereocenters. The number of ether oxygens (including phenoxy) is 1. The Morgan fingerprint density at radius 3 is 2.46 bits per heavy atom. The van der Waals surface area contributed by atoms with Gasteiger partial charge in [0.05, 0.1) is 13.5 Å². The van der Waals surface area contributed by atoms with Crippen molar-refractivity contribution < 1.29 is 14.3 Å². The molecule has 2 amide bonds. The van der Waals surface area contributed by atoms with Crippen LogP contribution in [-0.2, 0) is 16.0 Å². The molecule has 5 nitrogen and oxygen atoms in total. The van der Waals surface area contributed by atoms with E-state index in [1.807, 2.05) is 15.9 Å². The average molecular weight is 358 g/mol. The summed E-state index contributed by atoms with van der Waals surface area (Å²) in [5.41, 5.74) is 2.16. The van der Waals surface area contributed by atoms with E-state index in [9.17, 15) is 9.59 Å². The lowest BCUT2D eigenvalue weighted by Crippen LogP contribution is -2.38. The summed E-state index contributed by atoms with van der Waals surface area (Å²) < 4.78 is 5.45. The Morgan fingerprint density at radius 1 is 1.12 bits per heavy atom. The fraction of sp³-hybridized carbons (Fsp3) is 0.619. The summed E-state index contributed by atoms with van der Waals surface area (Å²) in [6, 6.07) is 6.10. The maximum Gasteiger partial charge on any atom is 0.227 e. The van der Waals surface area contributed by atoms with Crippen LogP contribution >= 0.6 is 0 Å². The van der Waals surface area contributed by atoms with E-state index < -0.39 is 0 Å². The molecule has 5 heteroatoms. The number of carbonyl (C=O) groups excluding carboxylic acids is 2.